The van der Waals surface area contributed by atoms with E-state index >= 15 is 0 Å². The highest BCUT2D eigenvalue weighted by Gasteiger charge is 2.28. The van der Waals surface area contributed by atoms with Crippen LogP contribution in [0.4, 0.5) is 4.39 Å². The van der Waals surface area contributed by atoms with Gasteiger partial charge in [-0.1, -0.05) is 23.8 Å². The molecule has 0 saturated heterocycles. The molecule has 2 nitrogen and oxygen atoms in total. The zero-order chi connectivity index (χ0) is 15.0. The van der Waals surface area contributed by atoms with Crippen LogP contribution < -0.4 is 10.1 Å². The molecule has 0 spiro atoms. The van der Waals surface area contributed by atoms with Gasteiger partial charge in [0.05, 0.1) is 0 Å². The molecule has 1 aliphatic rings. The minimum Gasteiger partial charge on any atom is -0.485 e. The van der Waals surface area contributed by atoms with Crippen LogP contribution in [0.15, 0.2) is 36.4 Å². The fraction of sp³-hybridized carbons (Fsp3) is 0.333. The second-order valence-corrected chi connectivity index (χ2v) is 5.73. The van der Waals surface area contributed by atoms with Gasteiger partial charge >= 0.3 is 0 Å². The topological polar surface area (TPSA) is 21.3 Å². The molecule has 21 heavy (non-hydrogen) atoms. The number of nitrogens with one attached hydrogen (secondary N) is 1. The van der Waals surface area contributed by atoms with Crippen LogP contribution in [0.1, 0.15) is 40.8 Å². The number of ether oxygens (including phenoxy) is 1. The van der Waals surface area contributed by atoms with Crippen molar-refractivity contribution in [2.45, 2.75) is 32.4 Å². The van der Waals surface area contributed by atoms with Crippen molar-refractivity contribution in [3.8, 4) is 5.75 Å². The van der Waals surface area contributed by atoms with Gasteiger partial charge in [0, 0.05) is 18.0 Å². The van der Waals surface area contributed by atoms with Crippen molar-refractivity contribution in [2.75, 3.05) is 7.05 Å². The number of benzene rings is 2. The van der Waals surface area contributed by atoms with Gasteiger partial charge in [0.15, 0.2) is 0 Å². The van der Waals surface area contributed by atoms with E-state index in [0.29, 0.717) is 5.56 Å². The van der Waals surface area contributed by atoms with Gasteiger partial charge in [-0.25, -0.2) is 4.39 Å². The number of rotatable bonds is 2. The molecule has 0 aliphatic carbocycles. The summed E-state index contributed by atoms with van der Waals surface area (Å²) in [7, 11) is 1.97. The molecule has 3 heteroatoms. The van der Waals surface area contributed by atoms with E-state index in [2.05, 4.69) is 24.4 Å². The lowest BCUT2D eigenvalue weighted by Crippen LogP contribution is -2.26. The number of hydrogen-bond donors (Lipinski definition) is 1. The average Bonchev–Trinajstić information content (AvgIpc) is 2.49. The lowest BCUT2D eigenvalue weighted by atomic mass is 9.91. The molecule has 1 heterocycles. The third-order valence-corrected chi connectivity index (χ3v) is 4.16. The molecule has 2 aromatic rings. The fourth-order valence-electron chi connectivity index (χ4n) is 2.94. The number of aryl methyl sites for hydroxylation is 2. The van der Waals surface area contributed by atoms with Crippen LogP contribution in [-0.2, 0) is 0 Å². The Labute approximate surface area is 125 Å². The van der Waals surface area contributed by atoms with Gasteiger partial charge in [-0.05, 0) is 50.2 Å². The van der Waals surface area contributed by atoms with Crippen LogP contribution in [0, 0.1) is 19.7 Å². The first-order valence-corrected chi connectivity index (χ1v) is 7.29. The minimum atomic E-state index is -0.171. The van der Waals surface area contributed by atoms with Crippen LogP contribution >= 0.6 is 0 Å². The second kappa shape index (κ2) is 5.49. The van der Waals surface area contributed by atoms with Gasteiger partial charge < -0.3 is 10.1 Å². The molecule has 0 bridgehead atoms. The first kappa shape index (κ1) is 14.1. The molecule has 110 valence electrons. The standard InChI is InChI=1S/C18H20FNO/c1-11-4-7-17-14(8-11)16(20-3)10-18(21-17)13-5-6-15(19)12(2)9-13/h4-9,16,18,20H,10H2,1-3H3. The normalized spacial score (nSPS) is 20.8. The summed E-state index contributed by atoms with van der Waals surface area (Å²) in [6.45, 7) is 3.87. The maximum Gasteiger partial charge on any atom is 0.126 e. The highest BCUT2D eigenvalue weighted by molar-refractivity contribution is 5.42. The van der Waals surface area contributed by atoms with Crippen molar-refractivity contribution in [1.29, 1.82) is 0 Å². The van der Waals surface area contributed by atoms with Crippen molar-refractivity contribution in [2.24, 2.45) is 0 Å². The molecule has 0 saturated carbocycles. The number of fused-ring (bicyclic) bond motifs is 1. The Balaban J connectivity index is 1.96. The summed E-state index contributed by atoms with van der Waals surface area (Å²) in [5, 5.41) is 3.36. The van der Waals surface area contributed by atoms with Crippen LogP contribution in [0.2, 0.25) is 0 Å². The maximum absolute atomic E-state index is 13.4. The Hall–Kier alpha value is -1.87. The molecular weight excluding hydrogens is 265 g/mol. The summed E-state index contributed by atoms with van der Waals surface area (Å²) in [6.07, 6.45) is 0.801. The molecule has 3 rings (SSSR count). The van der Waals surface area contributed by atoms with Crippen molar-refractivity contribution >= 4 is 0 Å². The molecule has 0 radical (unpaired) electrons. The maximum atomic E-state index is 13.4. The minimum absolute atomic E-state index is 0.0445. The monoisotopic (exact) mass is 285 g/mol. The quantitative estimate of drug-likeness (QED) is 0.891. The van der Waals surface area contributed by atoms with Crippen LogP contribution in [-0.4, -0.2) is 7.05 Å². The first-order valence-electron chi connectivity index (χ1n) is 7.29. The summed E-state index contributed by atoms with van der Waals surface area (Å²) < 4.78 is 19.6. The van der Waals surface area contributed by atoms with E-state index in [1.54, 1.807) is 6.92 Å². The average molecular weight is 285 g/mol. The molecular formula is C18H20FNO. The van der Waals surface area contributed by atoms with E-state index in [1.807, 2.05) is 25.2 Å². The Morgan fingerprint density at radius 2 is 1.95 bits per heavy atom. The van der Waals surface area contributed by atoms with E-state index in [-0.39, 0.29) is 18.0 Å². The fourth-order valence-corrected chi connectivity index (χ4v) is 2.94. The van der Waals surface area contributed by atoms with Gasteiger partial charge in [-0.15, -0.1) is 0 Å². The Morgan fingerprint density at radius 1 is 1.14 bits per heavy atom. The molecule has 1 aliphatic heterocycles. The molecule has 2 unspecified atom stereocenters. The van der Waals surface area contributed by atoms with Gasteiger partial charge in [-0.2, -0.15) is 0 Å². The van der Waals surface area contributed by atoms with Gasteiger partial charge in [0.2, 0.25) is 0 Å². The Morgan fingerprint density at radius 3 is 2.67 bits per heavy atom. The van der Waals surface area contributed by atoms with Crippen molar-refractivity contribution in [3.63, 3.8) is 0 Å². The summed E-state index contributed by atoms with van der Waals surface area (Å²) in [6, 6.07) is 11.7. The van der Waals surface area contributed by atoms with Gasteiger partial charge in [0.25, 0.3) is 0 Å². The smallest absolute Gasteiger partial charge is 0.126 e. The van der Waals surface area contributed by atoms with Gasteiger partial charge in [-0.3, -0.25) is 0 Å². The number of hydrogen-bond acceptors (Lipinski definition) is 2. The molecule has 0 amide bonds. The molecule has 0 aromatic heterocycles. The van der Waals surface area contributed by atoms with E-state index in [0.717, 1.165) is 17.7 Å². The lowest BCUT2D eigenvalue weighted by molar-refractivity contribution is 0.153. The van der Waals surface area contributed by atoms with E-state index in [9.17, 15) is 4.39 Å². The third-order valence-electron chi connectivity index (χ3n) is 4.16. The lowest BCUT2D eigenvalue weighted by Gasteiger charge is -2.32. The third kappa shape index (κ3) is 2.66. The summed E-state index contributed by atoms with van der Waals surface area (Å²) in [4.78, 5) is 0. The molecule has 0 fully saturated rings. The zero-order valence-electron chi connectivity index (χ0n) is 12.6. The highest BCUT2D eigenvalue weighted by Crippen LogP contribution is 2.41. The Kier molecular flexibility index (Phi) is 3.68. The summed E-state index contributed by atoms with van der Waals surface area (Å²) in [5.41, 5.74) is 4.12. The predicted molar refractivity (Wildman–Crippen MR) is 82.1 cm³/mol. The van der Waals surface area contributed by atoms with E-state index in [1.165, 1.54) is 17.2 Å². The number of halogens is 1. The molecule has 1 N–H and O–H groups in total. The van der Waals surface area contributed by atoms with E-state index < -0.39 is 0 Å². The Bertz CT molecular complexity index is 668. The van der Waals surface area contributed by atoms with Crippen molar-refractivity contribution in [1.82, 2.24) is 5.32 Å². The van der Waals surface area contributed by atoms with Crippen LogP contribution in [0.5, 0.6) is 5.75 Å². The first-order chi connectivity index (χ1) is 10.1. The summed E-state index contributed by atoms with van der Waals surface area (Å²) >= 11 is 0. The van der Waals surface area contributed by atoms with E-state index in [4.69, 9.17) is 4.74 Å². The summed E-state index contributed by atoms with van der Waals surface area (Å²) in [5.74, 6) is 0.744. The second-order valence-electron chi connectivity index (χ2n) is 5.73. The molecule has 2 atom stereocenters. The van der Waals surface area contributed by atoms with Crippen molar-refractivity contribution < 1.29 is 9.13 Å². The van der Waals surface area contributed by atoms with Gasteiger partial charge in [0.1, 0.15) is 17.7 Å². The SMILES string of the molecule is CNC1CC(c2ccc(F)c(C)c2)Oc2ccc(C)cc21. The zero-order valence-corrected chi connectivity index (χ0v) is 12.6. The van der Waals surface area contributed by atoms with Crippen molar-refractivity contribution in [3.05, 3.63) is 64.5 Å². The molecule has 2 aromatic carbocycles. The largest absolute Gasteiger partial charge is 0.485 e. The van der Waals surface area contributed by atoms with Crippen LogP contribution in [0.25, 0.3) is 0 Å². The van der Waals surface area contributed by atoms with Crippen LogP contribution in [0.3, 0.4) is 0 Å². The predicted octanol–water partition coefficient (Wildman–Crippen LogP) is 4.23. The highest BCUT2D eigenvalue weighted by atomic mass is 19.1.